The molecule has 0 fully saturated rings. The summed E-state index contributed by atoms with van der Waals surface area (Å²) in [7, 11) is 0. The minimum atomic E-state index is 0.571. The smallest absolute Gasteiger partial charge is 0.120 e. The molecule has 2 rings (SSSR count). The van der Waals surface area contributed by atoms with Crippen LogP contribution in [-0.2, 0) is 0 Å². The minimum Gasteiger partial charge on any atom is -0.489 e. The summed E-state index contributed by atoms with van der Waals surface area (Å²) < 4.78 is 6.69. The Labute approximate surface area is 104 Å². The van der Waals surface area contributed by atoms with Crippen LogP contribution in [0, 0.1) is 0 Å². The van der Waals surface area contributed by atoms with Crippen molar-refractivity contribution in [1.82, 2.24) is 0 Å². The van der Waals surface area contributed by atoms with E-state index in [1.54, 1.807) is 0 Å². The van der Waals surface area contributed by atoms with E-state index in [9.17, 15) is 0 Å². The van der Waals surface area contributed by atoms with Crippen LogP contribution in [0.4, 0.5) is 0 Å². The lowest BCUT2D eigenvalue weighted by atomic mass is 10.1. The van der Waals surface area contributed by atoms with E-state index in [-0.39, 0.29) is 0 Å². The molecule has 0 bridgehead atoms. The quantitative estimate of drug-likeness (QED) is 0.747. The summed E-state index contributed by atoms with van der Waals surface area (Å²) in [5.74, 6) is 0.887. The molecule has 0 aliphatic carbocycles. The maximum Gasteiger partial charge on any atom is 0.120 e. The van der Waals surface area contributed by atoms with Crippen LogP contribution in [-0.4, -0.2) is 6.61 Å². The number of fused-ring (bicyclic) bond motifs is 1. The SMILES string of the molecule is C=C(C)COc1ccc2cc(Br)ccc2c1. The van der Waals surface area contributed by atoms with Crippen molar-refractivity contribution in [2.75, 3.05) is 6.61 Å². The molecule has 2 heteroatoms. The van der Waals surface area contributed by atoms with E-state index < -0.39 is 0 Å². The summed E-state index contributed by atoms with van der Waals surface area (Å²) >= 11 is 3.46. The highest BCUT2D eigenvalue weighted by Crippen LogP contribution is 2.24. The standard InChI is InChI=1S/C14H13BrO/c1-10(2)9-16-14-6-4-11-7-13(15)5-3-12(11)8-14/h3-8H,1,9H2,2H3. The largest absolute Gasteiger partial charge is 0.489 e. The van der Waals surface area contributed by atoms with Crippen molar-refractivity contribution < 1.29 is 4.74 Å². The molecular weight excluding hydrogens is 264 g/mol. The fourth-order valence-corrected chi connectivity index (χ4v) is 1.87. The van der Waals surface area contributed by atoms with Gasteiger partial charge < -0.3 is 4.74 Å². The molecule has 0 spiro atoms. The Kier molecular flexibility index (Phi) is 3.30. The first kappa shape index (κ1) is 11.2. The summed E-state index contributed by atoms with van der Waals surface area (Å²) in [6.45, 7) is 6.34. The topological polar surface area (TPSA) is 9.23 Å². The van der Waals surface area contributed by atoms with Crippen LogP contribution in [0.3, 0.4) is 0 Å². The van der Waals surface area contributed by atoms with Gasteiger partial charge in [0.25, 0.3) is 0 Å². The summed E-state index contributed by atoms with van der Waals surface area (Å²) in [5.41, 5.74) is 1.02. The van der Waals surface area contributed by atoms with Crippen molar-refractivity contribution in [2.45, 2.75) is 6.92 Å². The van der Waals surface area contributed by atoms with E-state index in [4.69, 9.17) is 4.74 Å². The van der Waals surface area contributed by atoms with E-state index in [0.29, 0.717) is 6.61 Å². The molecule has 0 saturated heterocycles. The molecule has 1 nitrogen and oxygen atoms in total. The lowest BCUT2D eigenvalue weighted by molar-refractivity contribution is 0.353. The fraction of sp³-hybridized carbons (Fsp3) is 0.143. The van der Waals surface area contributed by atoms with Crippen LogP contribution < -0.4 is 4.74 Å². The Morgan fingerprint density at radius 1 is 1.19 bits per heavy atom. The summed E-state index contributed by atoms with van der Waals surface area (Å²) in [5, 5.41) is 2.39. The van der Waals surface area contributed by atoms with Gasteiger partial charge in [-0.05, 0) is 47.5 Å². The van der Waals surface area contributed by atoms with Crippen molar-refractivity contribution in [1.29, 1.82) is 0 Å². The third-order valence-electron chi connectivity index (χ3n) is 2.26. The number of ether oxygens (including phenoxy) is 1. The lowest BCUT2D eigenvalue weighted by Gasteiger charge is -2.07. The second-order valence-corrected chi connectivity index (χ2v) is 4.81. The summed E-state index contributed by atoms with van der Waals surface area (Å²) in [6.07, 6.45) is 0. The minimum absolute atomic E-state index is 0.571. The molecule has 82 valence electrons. The third kappa shape index (κ3) is 2.64. The maximum atomic E-state index is 5.59. The van der Waals surface area contributed by atoms with Gasteiger partial charge in [0, 0.05) is 4.47 Å². The first-order valence-corrected chi connectivity index (χ1v) is 5.91. The molecule has 0 N–H and O–H groups in total. The Balaban J connectivity index is 2.30. The number of rotatable bonds is 3. The molecule has 0 amide bonds. The normalized spacial score (nSPS) is 10.4. The Hall–Kier alpha value is -1.28. The first-order valence-electron chi connectivity index (χ1n) is 5.11. The van der Waals surface area contributed by atoms with Crippen molar-refractivity contribution in [2.24, 2.45) is 0 Å². The predicted molar refractivity (Wildman–Crippen MR) is 72.0 cm³/mol. The average Bonchev–Trinajstić information content (AvgIpc) is 2.26. The van der Waals surface area contributed by atoms with Gasteiger partial charge in [0.05, 0.1) is 0 Å². The molecule has 0 aliphatic heterocycles. The highest BCUT2D eigenvalue weighted by Gasteiger charge is 1.98. The number of hydrogen-bond donors (Lipinski definition) is 0. The van der Waals surface area contributed by atoms with Crippen LogP contribution in [0.15, 0.2) is 53.0 Å². The van der Waals surface area contributed by atoms with Gasteiger partial charge in [-0.25, -0.2) is 0 Å². The third-order valence-corrected chi connectivity index (χ3v) is 2.75. The summed E-state index contributed by atoms with van der Waals surface area (Å²) in [6, 6.07) is 12.3. The van der Waals surface area contributed by atoms with Crippen molar-refractivity contribution in [3.05, 3.63) is 53.0 Å². The first-order chi connectivity index (χ1) is 7.65. The van der Waals surface area contributed by atoms with Crippen LogP contribution >= 0.6 is 15.9 Å². The molecule has 0 saturated carbocycles. The number of halogens is 1. The van der Waals surface area contributed by atoms with Gasteiger partial charge in [-0.3, -0.25) is 0 Å². The fourth-order valence-electron chi connectivity index (χ4n) is 1.49. The van der Waals surface area contributed by atoms with Gasteiger partial charge in [0.1, 0.15) is 12.4 Å². The molecule has 0 atom stereocenters. The van der Waals surface area contributed by atoms with Crippen molar-refractivity contribution in [3.63, 3.8) is 0 Å². The van der Waals surface area contributed by atoms with Crippen LogP contribution in [0.1, 0.15) is 6.92 Å². The van der Waals surface area contributed by atoms with Gasteiger partial charge >= 0.3 is 0 Å². The van der Waals surface area contributed by atoms with Gasteiger partial charge in [-0.15, -0.1) is 0 Å². The molecule has 0 heterocycles. The highest BCUT2D eigenvalue weighted by atomic mass is 79.9. The predicted octanol–water partition coefficient (Wildman–Crippen LogP) is 4.56. The van der Waals surface area contributed by atoms with Crippen LogP contribution in [0.25, 0.3) is 10.8 Å². The van der Waals surface area contributed by atoms with Crippen LogP contribution in [0.2, 0.25) is 0 Å². The van der Waals surface area contributed by atoms with Crippen molar-refractivity contribution >= 4 is 26.7 Å². The van der Waals surface area contributed by atoms with E-state index in [0.717, 1.165) is 15.8 Å². The Morgan fingerprint density at radius 2 is 1.88 bits per heavy atom. The van der Waals surface area contributed by atoms with Gasteiger partial charge in [-0.1, -0.05) is 34.6 Å². The molecular formula is C14H13BrO. The van der Waals surface area contributed by atoms with E-state index in [1.807, 2.05) is 25.1 Å². The monoisotopic (exact) mass is 276 g/mol. The van der Waals surface area contributed by atoms with Gasteiger partial charge in [0.15, 0.2) is 0 Å². The van der Waals surface area contributed by atoms with E-state index >= 15 is 0 Å². The average molecular weight is 277 g/mol. The van der Waals surface area contributed by atoms with E-state index in [1.165, 1.54) is 10.8 Å². The molecule has 0 unspecified atom stereocenters. The molecule has 0 radical (unpaired) electrons. The maximum absolute atomic E-state index is 5.59. The second-order valence-electron chi connectivity index (χ2n) is 3.90. The zero-order chi connectivity index (χ0) is 11.5. The van der Waals surface area contributed by atoms with E-state index in [2.05, 4.69) is 40.7 Å². The number of hydrogen-bond acceptors (Lipinski definition) is 1. The molecule has 0 aliphatic rings. The molecule has 16 heavy (non-hydrogen) atoms. The molecule has 2 aromatic carbocycles. The van der Waals surface area contributed by atoms with Crippen molar-refractivity contribution in [3.8, 4) is 5.75 Å². The Morgan fingerprint density at radius 3 is 2.62 bits per heavy atom. The molecule has 0 aromatic heterocycles. The summed E-state index contributed by atoms with van der Waals surface area (Å²) in [4.78, 5) is 0. The zero-order valence-corrected chi connectivity index (χ0v) is 10.8. The number of benzene rings is 2. The highest BCUT2D eigenvalue weighted by molar-refractivity contribution is 9.10. The lowest BCUT2D eigenvalue weighted by Crippen LogP contribution is -1.97. The molecule has 2 aromatic rings. The van der Waals surface area contributed by atoms with Gasteiger partial charge in [0.2, 0.25) is 0 Å². The van der Waals surface area contributed by atoms with Crippen LogP contribution in [0.5, 0.6) is 5.75 Å². The zero-order valence-electron chi connectivity index (χ0n) is 9.16. The Bertz CT molecular complexity index is 531. The van der Waals surface area contributed by atoms with Gasteiger partial charge in [-0.2, -0.15) is 0 Å². The second kappa shape index (κ2) is 4.71.